The summed E-state index contributed by atoms with van der Waals surface area (Å²) in [5, 5.41) is 2.49. The molecule has 0 saturated heterocycles. The van der Waals surface area contributed by atoms with Crippen molar-refractivity contribution in [2.45, 2.75) is 110 Å². The van der Waals surface area contributed by atoms with Crippen LogP contribution in [-0.4, -0.2) is 24.5 Å². The van der Waals surface area contributed by atoms with Gasteiger partial charge in [-0.1, -0.05) is 103 Å². The summed E-state index contributed by atoms with van der Waals surface area (Å²) in [4.78, 5) is 24.0. The van der Waals surface area contributed by atoms with Crippen molar-refractivity contribution in [1.29, 1.82) is 0 Å². The number of benzene rings is 1. The van der Waals surface area contributed by atoms with E-state index in [2.05, 4.69) is 12.2 Å². The maximum atomic E-state index is 13.6. The Kier molecular flexibility index (Phi) is 15.5. The van der Waals surface area contributed by atoms with Gasteiger partial charge in [-0.2, -0.15) is 0 Å². The summed E-state index contributed by atoms with van der Waals surface area (Å²) in [7, 11) is 0. The second kappa shape index (κ2) is 17.7. The van der Waals surface area contributed by atoms with Gasteiger partial charge in [0.2, 0.25) is 0 Å². The lowest BCUT2D eigenvalue weighted by Gasteiger charge is -2.13. The highest BCUT2D eigenvalue weighted by molar-refractivity contribution is 5.96. The van der Waals surface area contributed by atoms with E-state index in [4.69, 9.17) is 4.74 Å². The van der Waals surface area contributed by atoms with Gasteiger partial charge in [0, 0.05) is 0 Å². The summed E-state index contributed by atoms with van der Waals surface area (Å²) in [6, 6.07) is 4.89. The molecule has 0 radical (unpaired) electrons. The lowest BCUT2D eigenvalue weighted by Crippen LogP contribution is -2.40. The number of ether oxygens (including phenoxy) is 1. The fourth-order valence-electron chi connectivity index (χ4n) is 3.57. The van der Waals surface area contributed by atoms with E-state index in [1.807, 2.05) is 0 Å². The molecule has 1 unspecified atom stereocenters. The van der Waals surface area contributed by atoms with Crippen LogP contribution in [0.1, 0.15) is 114 Å². The van der Waals surface area contributed by atoms with Crippen LogP contribution in [0.5, 0.6) is 0 Å². The molecule has 0 spiro atoms. The number of amides is 1. The average Bonchev–Trinajstić information content (AvgIpc) is 2.76. The summed E-state index contributed by atoms with van der Waals surface area (Å²) in [5.41, 5.74) is -0.0749. The monoisotopic (exact) mass is 435 g/mol. The standard InChI is InChI=1S/C26H42FNO3/c1-3-4-5-6-7-8-9-10-11-12-13-14-15-18-21-31-26(30)22(2)28-25(29)23-19-16-17-20-24(23)27/h16-17,19-20,22H,3-15,18,21H2,1-2H3,(H,28,29). The molecule has 0 aromatic heterocycles. The van der Waals surface area contributed by atoms with Gasteiger partial charge in [0.1, 0.15) is 11.9 Å². The molecule has 0 aliphatic rings. The molecule has 0 fully saturated rings. The number of halogens is 1. The van der Waals surface area contributed by atoms with E-state index in [1.54, 1.807) is 13.0 Å². The highest BCUT2D eigenvalue weighted by Gasteiger charge is 2.19. The van der Waals surface area contributed by atoms with Crippen LogP contribution >= 0.6 is 0 Å². The number of carbonyl (C=O) groups excluding carboxylic acids is 2. The van der Waals surface area contributed by atoms with Gasteiger partial charge in [-0.15, -0.1) is 0 Å². The average molecular weight is 436 g/mol. The first-order valence-corrected chi connectivity index (χ1v) is 12.3. The molecule has 0 heterocycles. The van der Waals surface area contributed by atoms with E-state index in [0.29, 0.717) is 6.61 Å². The maximum Gasteiger partial charge on any atom is 0.328 e. The van der Waals surface area contributed by atoms with Gasteiger partial charge in [0.15, 0.2) is 0 Å². The molecular weight excluding hydrogens is 393 g/mol. The van der Waals surface area contributed by atoms with Gasteiger partial charge < -0.3 is 10.1 Å². The van der Waals surface area contributed by atoms with Crippen LogP contribution in [0, 0.1) is 5.82 Å². The summed E-state index contributed by atoms with van der Waals surface area (Å²) in [6.45, 7) is 4.16. The number of hydrogen-bond acceptors (Lipinski definition) is 3. The quantitative estimate of drug-likeness (QED) is 0.200. The smallest absolute Gasteiger partial charge is 0.328 e. The van der Waals surface area contributed by atoms with Crippen LogP contribution in [0.15, 0.2) is 24.3 Å². The third-order valence-corrected chi connectivity index (χ3v) is 5.56. The Morgan fingerprint density at radius 2 is 1.32 bits per heavy atom. The van der Waals surface area contributed by atoms with Gasteiger partial charge in [-0.3, -0.25) is 4.79 Å². The van der Waals surface area contributed by atoms with Crippen LogP contribution in [0.4, 0.5) is 4.39 Å². The number of nitrogens with one attached hydrogen (secondary N) is 1. The Hall–Kier alpha value is -1.91. The van der Waals surface area contributed by atoms with E-state index < -0.39 is 23.7 Å². The van der Waals surface area contributed by atoms with Crippen LogP contribution in [0.25, 0.3) is 0 Å². The van der Waals surface area contributed by atoms with Gasteiger partial charge in [-0.25, -0.2) is 9.18 Å². The molecule has 1 amide bonds. The Bertz CT molecular complexity index is 620. The minimum Gasteiger partial charge on any atom is -0.464 e. The highest BCUT2D eigenvalue weighted by atomic mass is 19.1. The van der Waals surface area contributed by atoms with Crippen molar-refractivity contribution in [3.05, 3.63) is 35.6 Å². The summed E-state index contributed by atoms with van der Waals surface area (Å²) < 4.78 is 18.9. The fraction of sp³-hybridized carbons (Fsp3) is 0.692. The zero-order valence-corrected chi connectivity index (χ0v) is 19.6. The van der Waals surface area contributed by atoms with Gasteiger partial charge in [0.25, 0.3) is 5.91 Å². The molecule has 1 atom stereocenters. The minimum atomic E-state index is -0.807. The van der Waals surface area contributed by atoms with E-state index in [0.717, 1.165) is 19.3 Å². The van der Waals surface area contributed by atoms with Crippen molar-refractivity contribution >= 4 is 11.9 Å². The minimum absolute atomic E-state index is 0.0749. The molecule has 0 aliphatic carbocycles. The van der Waals surface area contributed by atoms with E-state index >= 15 is 0 Å². The second-order valence-electron chi connectivity index (χ2n) is 8.44. The van der Waals surface area contributed by atoms with Crippen LogP contribution in [-0.2, 0) is 9.53 Å². The summed E-state index contributed by atoms with van der Waals surface area (Å²) in [6.07, 6.45) is 17.9. The zero-order valence-electron chi connectivity index (χ0n) is 19.6. The summed E-state index contributed by atoms with van der Waals surface area (Å²) in [5.74, 6) is -1.71. The molecule has 176 valence electrons. The molecular formula is C26H42FNO3. The van der Waals surface area contributed by atoms with Crippen molar-refractivity contribution < 1.29 is 18.7 Å². The molecule has 1 aromatic carbocycles. The maximum absolute atomic E-state index is 13.6. The molecule has 1 N–H and O–H groups in total. The number of unbranched alkanes of at least 4 members (excludes halogenated alkanes) is 13. The first-order valence-electron chi connectivity index (χ1n) is 12.3. The topological polar surface area (TPSA) is 55.4 Å². The van der Waals surface area contributed by atoms with Crippen molar-refractivity contribution in [3.63, 3.8) is 0 Å². The Morgan fingerprint density at radius 3 is 1.84 bits per heavy atom. The second-order valence-corrected chi connectivity index (χ2v) is 8.44. The molecule has 1 rings (SSSR count). The predicted molar refractivity (Wildman–Crippen MR) is 125 cm³/mol. The van der Waals surface area contributed by atoms with E-state index in [9.17, 15) is 14.0 Å². The lowest BCUT2D eigenvalue weighted by atomic mass is 10.0. The molecule has 0 saturated carbocycles. The third kappa shape index (κ3) is 13.2. The third-order valence-electron chi connectivity index (χ3n) is 5.56. The highest BCUT2D eigenvalue weighted by Crippen LogP contribution is 2.13. The fourth-order valence-corrected chi connectivity index (χ4v) is 3.57. The number of carbonyl (C=O) groups is 2. The molecule has 1 aromatic rings. The van der Waals surface area contributed by atoms with Crippen LogP contribution < -0.4 is 5.32 Å². The normalized spacial score (nSPS) is 11.8. The first-order chi connectivity index (χ1) is 15.1. The SMILES string of the molecule is CCCCCCCCCCCCCCCCOC(=O)C(C)NC(=O)c1ccccc1F. The zero-order chi connectivity index (χ0) is 22.7. The summed E-state index contributed by atoms with van der Waals surface area (Å²) >= 11 is 0. The largest absolute Gasteiger partial charge is 0.464 e. The van der Waals surface area contributed by atoms with Gasteiger partial charge in [-0.05, 0) is 25.5 Å². The van der Waals surface area contributed by atoms with Crippen molar-refractivity contribution in [2.24, 2.45) is 0 Å². The van der Waals surface area contributed by atoms with Crippen molar-refractivity contribution in [2.75, 3.05) is 6.61 Å². The molecule has 5 heteroatoms. The lowest BCUT2D eigenvalue weighted by molar-refractivity contribution is -0.145. The number of esters is 1. The van der Waals surface area contributed by atoms with E-state index in [1.165, 1.54) is 88.8 Å². The molecule has 31 heavy (non-hydrogen) atoms. The predicted octanol–water partition coefficient (Wildman–Crippen LogP) is 6.97. The number of rotatable bonds is 18. The molecule has 4 nitrogen and oxygen atoms in total. The van der Waals surface area contributed by atoms with Crippen LogP contribution in [0.2, 0.25) is 0 Å². The van der Waals surface area contributed by atoms with E-state index in [-0.39, 0.29) is 5.56 Å². The number of hydrogen-bond donors (Lipinski definition) is 1. The van der Waals surface area contributed by atoms with Gasteiger partial charge in [0.05, 0.1) is 12.2 Å². The van der Waals surface area contributed by atoms with Gasteiger partial charge >= 0.3 is 5.97 Å². The van der Waals surface area contributed by atoms with Crippen molar-refractivity contribution in [1.82, 2.24) is 5.32 Å². The molecule has 0 aliphatic heterocycles. The van der Waals surface area contributed by atoms with Crippen molar-refractivity contribution in [3.8, 4) is 0 Å². The van der Waals surface area contributed by atoms with Crippen LogP contribution in [0.3, 0.4) is 0 Å². The Labute approximate surface area is 188 Å². The Morgan fingerprint density at radius 1 is 0.839 bits per heavy atom. The Balaban J connectivity index is 1.95. The molecule has 0 bridgehead atoms. The first kappa shape index (κ1) is 27.1.